The van der Waals surface area contributed by atoms with Gasteiger partial charge in [0.25, 0.3) is 0 Å². The van der Waals surface area contributed by atoms with E-state index < -0.39 is 73.3 Å². The maximum absolute atomic E-state index is 11.6. The van der Waals surface area contributed by atoms with Crippen LogP contribution in [0.5, 0.6) is 0 Å². The molecule has 1 fully saturated rings. The van der Waals surface area contributed by atoms with Gasteiger partial charge in [0.2, 0.25) is 0 Å². The first-order chi connectivity index (χ1) is 13.4. The minimum atomic E-state index is -1.84. The second-order valence-electron chi connectivity index (χ2n) is 6.16. The Balaban J connectivity index is 3.34. The maximum Gasteiger partial charge on any atom is 0.303 e. The average molecular weight is 420 g/mol. The van der Waals surface area contributed by atoms with Crippen molar-refractivity contribution in [3.63, 3.8) is 0 Å². The van der Waals surface area contributed by atoms with Gasteiger partial charge in [0.05, 0.1) is 0 Å². The lowest BCUT2D eigenvalue weighted by Crippen LogP contribution is -2.64. The van der Waals surface area contributed by atoms with Crippen molar-refractivity contribution in [1.82, 2.24) is 0 Å². The molecule has 12 nitrogen and oxygen atoms in total. The first kappa shape index (κ1) is 24.3. The predicted octanol–water partition coefficient (Wildman–Crippen LogP) is -1.01. The number of ether oxygens (including phenoxy) is 6. The number of hydrogen-bond acceptors (Lipinski definition) is 12. The summed E-state index contributed by atoms with van der Waals surface area (Å²) in [6.07, 6.45) is -9.10. The van der Waals surface area contributed by atoms with Gasteiger partial charge in [-0.15, -0.1) is 0 Å². The van der Waals surface area contributed by atoms with Gasteiger partial charge < -0.3 is 33.5 Å². The number of rotatable bonds is 7. The Hall–Kier alpha value is -2.73. The molecule has 0 aromatic rings. The molecular weight excluding hydrogens is 396 g/mol. The Morgan fingerprint density at radius 1 is 0.759 bits per heavy atom. The van der Waals surface area contributed by atoms with Crippen LogP contribution in [-0.2, 0) is 52.4 Å². The minimum Gasteiger partial charge on any atom is -0.462 e. The van der Waals surface area contributed by atoms with Crippen LogP contribution >= 0.6 is 0 Å². The van der Waals surface area contributed by atoms with Gasteiger partial charge in [0.15, 0.2) is 30.7 Å². The summed E-state index contributed by atoms with van der Waals surface area (Å²) in [7, 11) is 0. The summed E-state index contributed by atoms with van der Waals surface area (Å²) in [5.41, 5.74) is 0. The molecule has 0 aromatic heterocycles. The van der Waals surface area contributed by atoms with E-state index in [1.54, 1.807) is 0 Å². The van der Waals surface area contributed by atoms with E-state index in [9.17, 15) is 29.1 Å². The van der Waals surface area contributed by atoms with E-state index in [2.05, 4.69) is 0 Å². The van der Waals surface area contributed by atoms with Crippen LogP contribution in [0.4, 0.5) is 0 Å². The zero-order chi connectivity index (χ0) is 22.3. The molecule has 0 aliphatic carbocycles. The zero-order valence-corrected chi connectivity index (χ0v) is 16.6. The van der Waals surface area contributed by atoms with Gasteiger partial charge in [0.1, 0.15) is 12.7 Å². The molecule has 0 radical (unpaired) electrons. The van der Waals surface area contributed by atoms with E-state index >= 15 is 0 Å². The van der Waals surface area contributed by atoms with Gasteiger partial charge in [-0.05, 0) is 0 Å². The summed E-state index contributed by atoms with van der Waals surface area (Å²) in [6.45, 7) is 4.84. The molecular formula is C17H24O12. The SMILES string of the molecule is CC(=O)OC[C@@H](OC(C)=O)C1OC(O)C(OC(C)=O)C(OC(C)=O)C1OC(C)=O. The van der Waals surface area contributed by atoms with Gasteiger partial charge in [-0.25, -0.2) is 0 Å². The fraction of sp³-hybridized carbons (Fsp3) is 0.706. The molecule has 1 saturated heterocycles. The molecule has 1 N–H and O–H groups in total. The molecule has 0 amide bonds. The van der Waals surface area contributed by atoms with E-state index in [-0.39, 0.29) is 0 Å². The highest BCUT2D eigenvalue weighted by Gasteiger charge is 2.54. The maximum atomic E-state index is 11.6. The molecule has 1 heterocycles. The van der Waals surface area contributed by atoms with Gasteiger partial charge in [-0.3, -0.25) is 24.0 Å². The number of aliphatic hydroxyl groups is 1. The fourth-order valence-electron chi connectivity index (χ4n) is 2.73. The topological polar surface area (TPSA) is 161 Å². The van der Waals surface area contributed by atoms with Crippen molar-refractivity contribution in [3.05, 3.63) is 0 Å². The molecule has 6 atom stereocenters. The summed E-state index contributed by atoms with van der Waals surface area (Å²) in [5, 5.41) is 10.3. The number of carbonyl (C=O) groups excluding carboxylic acids is 5. The number of hydrogen-bond donors (Lipinski definition) is 1. The zero-order valence-electron chi connectivity index (χ0n) is 16.6. The molecule has 164 valence electrons. The molecule has 5 unspecified atom stereocenters. The van der Waals surface area contributed by atoms with Crippen molar-refractivity contribution in [1.29, 1.82) is 0 Å². The Labute approximate surface area is 166 Å². The van der Waals surface area contributed by atoms with Gasteiger partial charge in [-0.2, -0.15) is 0 Å². The third kappa shape index (κ3) is 7.66. The highest BCUT2D eigenvalue weighted by atomic mass is 16.7. The van der Waals surface area contributed by atoms with Crippen LogP contribution in [0.2, 0.25) is 0 Å². The van der Waals surface area contributed by atoms with E-state index in [1.807, 2.05) is 0 Å². The molecule has 0 bridgehead atoms. The Bertz CT molecular complexity index is 644. The second kappa shape index (κ2) is 10.7. The summed E-state index contributed by atoms with van der Waals surface area (Å²) in [5.74, 6) is -3.97. The smallest absolute Gasteiger partial charge is 0.303 e. The Kier molecular flexibility index (Phi) is 8.98. The normalized spacial score (nSPS) is 27.2. The quantitative estimate of drug-likeness (QED) is 0.395. The van der Waals surface area contributed by atoms with Crippen molar-refractivity contribution in [2.24, 2.45) is 0 Å². The molecule has 0 saturated carbocycles. The average Bonchev–Trinajstić information content (AvgIpc) is 2.55. The molecule has 1 aliphatic heterocycles. The van der Waals surface area contributed by atoms with Crippen LogP contribution in [-0.4, -0.2) is 78.4 Å². The fourth-order valence-corrected chi connectivity index (χ4v) is 2.73. The summed E-state index contributed by atoms with van der Waals surface area (Å²) in [4.78, 5) is 57.2. The second-order valence-corrected chi connectivity index (χ2v) is 6.16. The largest absolute Gasteiger partial charge is 0.462 e. The van der Waals surface area contributed by atoms with Crippen molar-refractivity contribution in [3.8, 4) is 0 Å². The highest BCUT2D eigenvalue weighted by Crippen LogP contribution is 2.30. The summed E-state index contributed by atoms with van der Waals surface area (Å²) in [6, 6.07) is 0. The predicted molar refractivity (Wildman–Crippen MR) is 89.7 cm³/mol. The third-order valence-electron chi connectivity index (χ3n) is 3.59. The molecule has 0 aromatic carbocycles. The Morgan fingerprint density at radius 3 is 1.69 bits per heavy atom. The van der Waals surface area contributed by atoms with Crippen molar-refractivity contribution in [2.45, 2.75) is 71.4 Å². The van der Waals surface area contributed by atoms with Gasteiger partial charge in [0, 0.05) is 34.6 Å². The van der Waals surface area contributed by atoms with Gasteiger partial charge >= 0.3 is 29.8 Å². The molecule has 1 rings (SSSR count). The monoisotopic (exact) mass is 420 g/mol. The van der Waals surface area contributed by atoms with E-state index in [1.165, 1.54) is 0 Å². The molecule has 12 heteroatoms. The van der Waals surface area contributed by atoms with Crippen molar-refractivity contribution >= 4 is 29.8 Å². The number of esters is 5. The van der Waals surface area contributed by atoms with E-state index in [0.717, 1.165) is 34.6 Å². The first-order valence-electron chi connectivity index (χ1n) is 8.58. The van der Waals surface area contributed by atoms with Crippen LogP contribution in [0.1, 0.15) is 34.6 Å². The number of carbonyl (C=O) groups is 5. The molecule has 1 aliphatic rings. The van der Waals surface area contributed by atoms with Crippen molar-refractivity contribution in [2.75, 3.05) is 6.61 Å². The van der Waals surface area contributed by atoms with Crippen LogP contribution in [0.3, 0.4) is 0 Å². The lowest BCUT2D eigenvalue weighted by Gasteiger charge is -2.44. The van der Waals surface area contributed by atoms with E-state index in [0.29, 0.717) is 0 Å². The molecule has 0 spiro atoms. The minimum absolute atomic E-state index is 0.505. The lowest BCUT2D eigenvalue weighted by atomic mass is 9.94. The number of aliphatic hydroxyl groups excluding tert-OH is 1. The third-order valence-corrected chi connectivity index (χ3v) is 3.59. The van der Waals surface area contributed by atoms with Crippen LogP contribution < -0.4 is 0 Å². The lowest BCUT2D eigenvalue weighted by molar-refractivity contribution is -0.306. The Morgan fingerprint density at radius 2 is 1.24 bits per heavy atom. The van der Waals surface area contributed by atoms with Crippen molar-refractivity contribution < 1.29 is 57.5 Å². The van der Waals surface area contributed by atoms with Gasteiger partial charge in [-0.1, -0.05) is 0 Å². The highest BCUT2D eigenvalue weighted by molar-refractivity contribution is 5.69. The first-order valence-corrected chi connectivity index (χ1v) is 8.58. The molecule has 29 heavy (non-hydrogen) atoms. The van der Waals surface area contributed by atoms with E-state index in [4.69, 9.17) is 28.4 Å². The standard InChI is InChI=1S/C17H24O12/c1-7(18)24-6-12(25-8(2)19)13-14(26-9(3)20)15(27-10(4)21)16(17(23)29-13)28-11(5)22/h12-17,23H,6H2,1-5H3/t12-,13?,14?,15?,16?,17?/m1/s1. The van der Waals surface area contributed by atoms with Crippen LogP contribution in [0.25, 0.3) is 0 Å². The summed E-state index contributed by atoms with van der Waals surface area (Å²) < 4.78 is 30.5. The van der Waals surface area contributed by atoms with Crippen LogP contribution in [0, 0.1) is 0 Å². The van der Waals surface area contributed by atoms with Crippen LogP contribution in [0.15, 0.2) is 0 Å². The summed E-state index contributed by atoms with van der Waals surface area (Å²) >= 11 is 0.